The van der Waals surface area contributed by atoms with Gasteiger partial charge in [-0.15, -0.1) is 0 Å². The zero-order valence-corrected chi connectivity index (χ0v) is 19.7. The van der Waals surface area contributed by atoms with Crippen LogP contribution >= 0.6 is 11.6 Å². The standard InChI is InChI=1S/C22H31ClN2O5S/c1-15-7-6-8-20(16(15)2)24-21(26)14-30-22(27)18-13-17(9-10-19(18)23)31(28,29)25-11-4-3-5-12-25/h9-10,13,15-16,20H,3-8,11-12,14H2,1-2H3,(H,24,26)/t15-,16-,20-/m1/s1. The SMILES string of the molecule is C[C@@H]1[C@H](C)CCC[C@H]1NC(=O)COC(=O)c1cc(S(=O)(=O)N2CCCCC2)ccc1Cl. The number of benzene rings is 1. The number of sulfonamides is 1. The van der Waals surface area contributed by atoms with Crippen LogP contribution in [0.15, 0.2) is 23.1 Å². The summed E-state index contributed by atoms with van der Waals surface area (Å²) in [6.45, 7) is 4.78. The van der Waals surface area contributed by atoms with Crippen molar-refractivity contribution in [3.8, 4) is 0 Å². The second kappa shape index (κ2) is 10.3. The van der Waals surface area contributed by atoms with E-state index < -0.39 is 22.6 Å². The summed E-state index contributed by atoms with van der Waals surface area (Å²) in [7, 11) is -3.71. The molecule has 9 heteroatoms. The Morgan fingerprint density at radius 3 is 2.55 bits per heavy atom. The third-order valence-corrected chi connectivity index (χ3v) is 8.72. The van der Waals surface area contributed by atoms with Gasteiger partial charge >= 0.3 is 5.97 Å². The Morgan fingerprint density at radius 1 is 1.13 bits per heavy atom. The maximum absolute atomic E-state index is 12.9. The fourth-order valence-corrected chi connectivity index (χ4v) is 6.06. The monoisotopic (exact) mass is 470 g/mol. The molecule has 3 rings (SSSR count). The smallest absolute Gasteiger partial charge is 0.340 e. The van der Waals surface area contributed by atoms with Gasteiger partial charge in [0.25, 0.3) is 5.91 Å². The lowest BCUT2D eigenvalue weighted by molar-refractivity contribution is -0.125. The molecule has 0 unspecified atom stereocenters. The van der Waals surface area contributed by atoms with Gasteiger partial charge in [-0.05, 0) is 49.3 Å². The normalized spacial score (nSPS) is 25.1. The summed E-state index contributed by atoms with van der Waals surface area (Å²) in [5.74, 6) is -0.294. The fourth-order valence-electron chi connectivity index (χ4n) is 4.32. The molecule has 1 aromatic rings. The molecular formula is C22H31ClN2O5S. The van der Waals surface area contributed by atoms with Gasteiger partial charge in [0.05, 0.1) is 15.5 Å². The van der Waals surface area contributed by atoms with Crippen molar-refractivity contribution >= 4 is 33.5 Å². The Bertz CT molecular complexity index is 914. The fraction of sp³-hybridized carbons (Fsp3) is 0.636. The zero-order valence-electron chi connectivity index (χ0n) is 18.1. The number of amides is 1. The van der Waals surface area contributed by atoms with E-state index in [1.54, 1.807) is 0 Å². The largest absolute Gasteiger partial charge is 0.452 e. The van der Waals surface area contributed by atoms with Crippen molar-refractivity contribution in [3.05, 3.63) is 28.8 Å². The van der Waals surface area contributed by atoms with E-state index in [0.29, 0.717) is 24.9 Å². The molecule has 1 saturated heterocycles. The molecule has 31 heavy (non-hydrogen) atoms. The van der Waals surface area contributed by atoms with E-state index >= 15 is 0 Å². The maximum atomic E-state index is 12.9. The van der Waals surface area contributed by atoms with Gasteiger partial charge in [-0.25, -0.2) is 13.2 Å². The number of piperidine rings is 1. The van der Waals surface area contributed by atoms with Crippen molar-refractivity contribution in [2.24, 2.45) is 11.8 Å². The van der Waals surface area contributed by atoms with Crippen molar-refractivity contribution in [1.29, 1.82) is 0 Å². The first-order chi connectivity index (χ1) is 14.7. The van der Waals surface area contributed by atoms with E-state index in [1.165, 1.54) is 22.5 Å². The molecule has 1 amide bonds. The van der Waals surface area contributed by atoms with Gasteiger partial charge in [0.2, 0.25) is 10.0 Å². The predicted octanol–water partition coefficient (Wildman–Crippen LogP) is 3.61. The first kappa shape index (κ1) is 24.0. The molecule has 7 nitrogen and oxygen atoms in total. The number of hydrogen-bond acceptors (Lipinski definition) is 5. The van der Waals surface area contributed by atoms with Crippen molar-refractivity contribution < 1.29 is 22.7 Å². The minimum atomic E-state index is -3.71. The first-order valence-electron chi connectivity index (χ1n) is 11.0. The second-order valence-electron chi connectivity index (χ2n) is 8.62. The molecule has 2 fully saturated rings. The molecule has 1 aromatic carbocycles. The Hall–Kier alpha value is -1.64. The van der Waals surface area contributed by atoms with Gasteiger partial charge < -0.3 is 10.1 Å². The Kier molecular flexibility index (Phi) is 7.99. The highest BCUT2D eigenvalue weighted by Crippen LogP contribution is 2.29. The molecule has 0 spiro atoms. The van der Waals surface area contributed by atoms with Crippen LogP contribution in [-0.4, -0.2) is 50.3 Å². The average Bonchev–Trinajstić information content (AvgIpc) is 2.76. The first-order valence-corrected chi connectivity index (χ1v) is 12.8. The quantitative estimate of drug-likeness (QED) is 0.641. The van der Waals surface area contributed by atoms with E-state index in [1.807, 2.05) is 0 Å². The Morgan fingerprint density at radius 2 is 1.84 bits per heavy atom. The molecule has 2 aliphatic rings. The van der Waals surface area contributed by atoms with Crippen LogP contribution < -0.4 is 5.32 Å². The molecule has 172 valence electrons. The third-order valence-electron chi connectivity index (χ3n) is 6.50. The van der Waals surface area contributed by atoms with Crippen LogP contribution in [0.1, 0.15) is 62.7 Å². The third kappa shape index (κ3) is 5.79. The lowest BCUT2D eigenvalue weighted by Crippen LogP contribution is -2.45. The number of carbonyl (C=O) groups is 2. The van der Waals surface area contributed by atoms with Gasteiger partial charge in [-0.3, -0.25) is 4.79 Å². The van der Waals surface area contributed by atoms with Crippen LogP contribution in [0.4, 0.5) is 0 Å². The molecule has 1 aliphatic heterocycles. The van der Waals surface area contributed by atoms with Crippen LogP contribution in [0.2, 0.25) is 5.02 Å². The highest BCUT2D eigenvalue weighted by molar-refractivity contribution is 7.89. The van der Waals surface area contributed by atoms with E-state index in [-0.39, 0.29) is 27.4 Å². The summed E-state index contributed by atoms with van der Waals surface area (Å²) in [4.78, 5) is 24.8. The zero-order chi connectivity index (χ0) is 22.6. The number of halogens is 1. The van der Waals surface area contributed by atoms with Crippen LogP contribution in [-0.2, 0) is 19.6 Å². The minimum Gasteiger partial charge on any atom is -0.452 e. The van der Waals surface area contributed by atoms with Crippen molar-refractivity contribution in [3.63, 3.8) is 0 Å². The summed E-state index contributed by atoms with van der Waals surface area (Å²) in [5, 5.41) is 3.03. The van der Waals surface area contributed by atoms with Crippen LogP contribution in [0.25, 0.3) is 0 Å². The summed E-state index contributed by atoms with van der Waals surface area (Å²) >= 11 is 6.12. The predicted molar refractivity (Wildman–Crippen MR) is 118 cm³/mol. The van der Waals surface area contributed by atoms with Gasteiger partial charge in [0.15, 0.2) is 6.61 Å². The molecule has 3 atom stereocenters. The van der Waals surface area contributed by atoms with Crippen molar-refractivity contribution in [2.75, 3.05) is 19.7 Å². The van der Waals surface area contributed by atoms with Gasteiger partial charge in [0.1, 0.15) is 0 Å². The summed E-state index contributed by atoms with van der Waals surface area (Å²) in [6.07, 6.45) is 5.75. The molecule has 0 radical (unpaired) electrons. The lowest BCUT2D eigenvalue weighted by Gasteiger charge is -2.34. The lowest BCUT2D eigenvalue weighted by atomic mass is 9.78. The van der Waals surface area contributed by atoms with Gasteiger partial charge in [0, 0.05) is 19.1 Å². The molecular weight excluding hydrogens is 440 g/mol. The number of nitrogens with one attached hydrogen (secondary N) is 1. The van der Waals surface area contributed by atoms with Crippen LogP contribution in [0.3, 0.4) is 0 Å². The highest BCUT2D eigenvalue weighted by atomic mass is 35.5. The van der Waals surface area contributed by atoms with Crippen LogP contribution in [0.5, 0.6) is 0 Å². The van der Waals surface area contributed by atoms with E-state index in [2.05, 4.69) is 19.2 Å². The number of nitrogens with zero attached hydrogens (tertiary/aromatic N) is 1. The van der Waals surface area contributed by atoms with Gasteiger partial charge in [-0.1, -0.05) is 44.7 Å². The van der Waals surface area contributed by atoms with E-state index in [0.717, 1.165) is 38.5 Å². The number of hydrogen-bond donors (Lipinski definition) is 1. The molecule has 0 bridgehead atoms. The summed E-state index contributed by atoms with van der Waals surface area (Å²) in [5.41, 5.74) is -0.0628. The highest BCUT2D eigenvalue weighted by Gasteiger charge is 2.29. The second-order valence-corrected chi connectivity index (χ2v) is 11.0. The molecule has 1 N–H and O–H groups in total. The molecule has 1 aliphatic carbocycles. The average molecular weight is 471 g/mol. The van der Waals surface area contributed by atoms with Gasteiger partial charge in [-0.2, -0.15) is 4.31 Å². The molecule has 0 aromatic heterocycles. The summed E-state index contributed by atoms with van der Waals surface area (Å²) < 4.78 is 32.3. The van der Waals surface area contributed by atoms with Crippen molar-refractivity contribution in [2.45, 2.75) is 63.3 Å². The van der Waals surface area contributed by atoms with Crippen LogP contribution in [0, 0.1) is 11.8 Å². The number of carbonyl (C=O) groups excluding carboxylic acids is 2. The van der Waals surface area contributed by atoms with E-state index in [9.17, 15) is 18.0 Å². The topological polar surface area (TPSA) is 92.8 Å². The van der Waals surface area contributed by atoms with E-state index in [4.69, 9.17) is 16.3 Å². The number of rotatable bonds is 6. The Labute approximate surface area is 189 Å². The number of ether oxygens (including phenoxy) is 1. The Balaban J connectivity index is 1.63. The maximum Gasteiger partial charge on any atom is 0.340 e. The summed E-state index contributed by atoms with van der Waals surface area (Å²) in [6, 6.07) is 4.07. The molecule has 1 heterocycles. The van der Waals surface area contributed by atoms with Crippen molar-refractivity contribution in [1.82, 2.24) is 9.62 Å². The molecule has 1 saturated carbocycles. The number of esters is 1. The minimum absolute atomic E-state index is 0.000203.